The fraction of sp³-hybridized carbons (Fsp3) is 0.556. The number of halogens is 1. The van der Waals surface area contributed by atoms with Crippen LogP contribution in [0.15, 0.2) is 30.3 Å². The molecule has 5 nitrogen and oxygen atoms in total. The first-order valence-electron chi connectivity index (χ1n) is 8.36. The molecule has 0 aliphatic carbocycles. The summed E-state index contributed by atoms with van der Waals surface area (Å²) in [6.45, 7) is 5.24. The highest BCUT2D eigenvalue weighted by molar-refractivity contribution is 5.88. The molecule has 0 bridgehead atoms. The smallest absolute Gasteiger partial charge is 0.249 e. The molecule has 2 unspecified atom stereocenters. The molecule has 6 heteroatoms. The molecular weight excluding hydrogens is 326 g/mol. The second-order valence-corrected chi connectivity index (χ2v) is 6.70. The molecule has 3 N–H and O–H groups in total. The van der Waals surface area contributed by atoms with E-state index in [1.807, 2.05) is 44.2 Å². The van der Waals surface area contributed by atoms with Gasteiger partial charge in [0.1, 0.15) is 6.04 Å². The topological polar surface area (TPSA) is 75.4 Å². The number of piperidine rings is 1. The number of nitrogens with one attached hydrogen (secondary N) is 1. The van der Waals surface area contributed by atoms with Gasteiger partial charge < -0.3 is 16.0 Å². The van der Waals surface area contributed by atoms with Crippen molar-refractivity contribution in [2.75, 3.05) is 13.1 Å². The first kappa shape index (κ1) is 20.5. The molecule has 2 atom stereocenters. The van der Waals surface area contributed by atoms with Gasteiger partial charge in [0.15, 0.2) is 0 Å². The van der Waals surface area contributed by atoms with Gasteiger partial charge in [0, 0.05) is 25.6 Å². The second kappa shape index (κ2) is 9.64. The van der Waals surface area contributed by atoms with Crippen molar-refractivity contribution >= 4 is 24.2 Å². The predicted molar refractivity (Wildman–Crippen MR) is 97.8 cm³/mol. The maximum absolute atomic E-state index is 12.9. The van der Waals surface area contributed by atoms with Gasteiger partial charge in [-0.3, -0.25) is 9.59 Å². The Hall–Kier alpha value is -1.59. The van der Waals surface area contributed by atoms with E-state index in [1.165, 1.54) is 0 Å². The third-order valence-corrected chi connectivity index (χ3v) is 4.05. The third kappa shape index (κ3) is 5.80. The van der Waals surface area contributed by atoms with Gasteiger partial charge in [0.05, 0.1) is 0 Å². The fourth-order valence-electron chi connectivity index (χ4n) is 2.92. The van der Waals surface area contributed by atoms with E-state index in [0.29, 0.717) is 19.5 Å². The van der Waals surface area contributed by atoms with Crippen molar-refractivity contribution in [3.05, 3.63) is 35.9 Å². The number of hydrogen-bond acceptors (Lipinski definition) is 3. The first-order valence-corrected chi connectivity index (χ1v) is 8.36. The SMILES string of the molecule is CC(C)CC(=O)NC(C(=O)N1CCCC(N)C1)c1ccccc1.Cl. The Labute approximate surface area is 150 Å². The maximum atomic E-state index is 12.9. The fourth-order valence-corrected chi connectivity index (χ4v) is 2.92. The molecule has 1 aliphatic heterocycles. The van der Waals surface area contributed by atoms with Crippen LogP contribution in [0, 0.1) is 5.92 Å². The molecular formula is C18H28ClN3O2. The summed E-state index contributed by atoms with van der Waals surface area (Å²) in [7, 11) is 0. The van der Waals surface area contributed by atoms with Gasteiger partial charge in [-0.15, -0.1) is 12.4 Å². The molecule has 24 heavy (non-hydrogen) atoms. The predicted octanol–water partition coefficient (Wildman–Crippen LogP) is 2.26. The van der Waals surface area contributed by atoms with Crippen LogP contribution in [0.25, 0.3) is 0 Å². The summed E-state index contributed by atoms with van der Waals surface area (Å²) in [5.41, 5.74) is 6.80. The van der Waals surface area contributed by atoms with E-state index in [-0.39, 0.29) is 36.2 Å². The van der Waals surface area contributed by atoms with E-state index in [9.17, 15) is 9.59 Å². The van der Waals surface area contributed by atoms with E-state index < -0.39 is 6.04 Å². The molecule has 0 spiro atoms. The zero-order valence-corrected chi connectivity index (χ0v) is 15.2. The molecule has 1 heterocycles. The van der Waals surface area contributed by atoms with Gasteiger partial charge in [0.25, 0.3) is 0 Å². The molecule has 2 rings (SSSR count). The monoisotopic (exact) mass is 353 g/mol. The summed E-state index contributed by atoms with van der Waals surface area (Å²) < 4.78 is 0. The van der Waals surface area contributed by atoms with Gasteiger partial charge >= 0.3 is 0 Å². The van der Waals surface area contributed by atoms with Crippen LogP contribution in [0.3, 0.4) is 0 Å². The van der Waals surface area contributed by atoms with Gasteiger partial charge in [-0.2, -0.15) is 0 Å². The Morgan fingerprint density at radius 1 is 1.29 bits per heavy atom. The number of amides is 2. The molecule has 1 saturated heterocycles. The third-order valence-electron chi connectivity index (χ3n) is 4.05. The van der Waals surface area contributed by atoms with Gasteiger partial charge in [-0.25, -0.2) is 0 Å². The number of hydrogen-bond donors (Lipinski definition) is 2. The summed E-state index contributed by atoms with van der Waals surface area (Å²) in [5.74, 6) is 0.0944. The van der Waals surface area contributed by atoms with Crippen molar-refractivity contribution < 1.29 is 9.59 Å². The van der Waals surface area contributed by atoms with Gasteiger partial charge in [-0.1, -0.05) is 44.2 Å². The zero-order chi connectivity index (χ0) is 16.8. The van der Waals surface area contributed by atoms with Crippen LogP contribution in [0.5, 0.6) is 0 Å². The average molecular weight is 354 g/mol. The minimum Gasteiger partial charge on any atom is -0.341 e. The second-order valence-electron chi connectivity index (χ2n) is 6.70. The Morgan fingerprint density at radius 2 is 1.96 bits per heavy atom. The summed E-state index contributed by atoms with van der Waals surface area (Å²) >= 11 is 0. The first-order chi connectivity index (χ1) is 11.0. The number of carbonyl (C=O) groups excluding carboxylic acids is 2. The maximum Gasteiger partial charge on any atom is 0.249 e. The molecule has 1 aromatic carbocycles. The summed E-state index contributed by atoms with van der Waals surface area (Å²) in [4.78, 5) is 26.9. The Kier molecular flexibility index (Phi) is 8.22. The molecule has 1 fully saturated rings. The Morgan fingerprint density at radius 3 is 2.54 bits per heavy atom. The highest BCUT2D eigenvalue weighted by Crippen LogP contribution is 2.19. The van der Waals surface area contributed by atoms with Crippen LogP contribution in [-0.2, 0) is 9.59 Å². The number of nitrogens with zero attached hydrogens (tertiary/aromatic N) is 1. The van der Waals surface area contributed by atoms with E-state index >= 15 is 0 Å². The number of carbonyl (C=O) groups is 2. The zero-order valence-electron chi connectivity index (χ0n) is 14.4. The quantitative estimate of drug-likeness (QED) is 0.852. The Balaban J connectivity index is 0.00000288. The largest absolute Gasteiger partial charge is 0.341 e. The van der Waals surface area contributed by atoms with Crippen LogP contribution in [-0.4, -0.2) is 35.8 Å². The van der Waals surface area contributed by atoms with Crippen LogP contribution >= 0.6 is 12.4 Å². The summed E-state index contributed by atoms with van der Waals surface area (Å²) in [6, 6.07) is 8.81. The minimum absolute atomic E-state index is 0. The minimum atomic E-state index is -0.632. The number of rotatable bonds is 5. The lowest BCUT2D eigenvalue weighted by atomic mass is 10.0. The van der Waals surface area contributed by atoms with Crippen molar-refractivity contribution in [1.29, 1.82) is 0 Å². The van der Waals surface area contributed by atoms with E-state index in [4.69, 9.17) is 5.73 Å². The molecule has 2 amide bonds. The molecule has 0 aromatic heterocycles. The van der Waals surface area contributed by atoms with E-state index in [1.54, 1.807) is 4.90 Å². The van der Waals surface area contributed by atoms with Gasteiger partial charge in [-0.05, 0) is 24.3 Å². The van der Waals surface area contributed by atoms with Gasteiger partial charge in [0.2, 0.25) is 11.8 Å². The van der Waals surface area contributed by atoms with E-state index in [0.717, 1.165) is 18.4 Å². The number of benzene rings is 1. The van der Waals surface area contributed by atoms with Crippen molar-refractivity contribution in [2.45, 2.75) is 45.2 Å². The molecule has 0 saturated carbocycles. The number of likely N-dealkylation sites (tertiary alicyclic amines) is 1. The normalized spacial score (nSPS) is 18.7. The molecule has 1 aromatic rings. The highest BCUT2D eigenvalue weighted by Gasteiger charge is 2.30. The van der Waals surface area contributed by atoms with Crippen LogP contribution in [0.1, 0.15) is 44.7 Å². The molecule has 134 valence electrons. The standard InChI is InChI=1S/C18H27N3O2.ClH/c1-13(2)11-16(22)20-17(14-7-4-3-5-8-14)18(23)21-10-6-9-15(19)12-21;/h3-5,7-8,13,15,17H,6,9-12,19H2,1-2H3,(H,20,22);1H. The van der Waals surface area contributed by atoms with Crippen molar-refractivity contribution in [1.82, 2.24) is 10.2 Å². The van der Waals surface area contributed by atoms with Crippen LogP contribution < -0.4 is 11.1 Å². The highest BCUT2D eigenvalue weighted by atomic mass is 35.5. The molecule has 1 aliphatic rings. The lowest BCUT2D eigenvalue weighted by Crippen LogP contribution is -2.50. The average Bonchev–Trinajstić information content (AvgIpc) is 2.52. The van der Waals surface area contributed by atoms with Crippen LogP contribution in [0.4, 0.5) is 0 Å². The Bertz CT molecular complexity index is 536. The van der Waals surface area contributed by atoms with Crippen molar-refractivity contribution in [2.24, 2.45) is 11.7 Å². The van der Waals surface area contributed by atoms with Crippen molar-refractivity contribution in [3.63, 3.8) is 0 Å². The summed E-state index contributed by atoms with van der Waals surface area (Å²) in [5, 5.41) is 2.91. The van der Waals surface area contributed by atoms with Crippen molar-refractivity contribution in [3.8, 4) is 0 Å². The molecule has 0 radical (unpaired) electrons. The van der Waals surface area contributed by atoms with Crippen LogP contribution in [0.2, 0.25) is 0 Å². The lowest BCUT2D eigenvalue weighted by Gasteiger charge is -2.33. The van der Waals surface area contributed by atoms with E-state index in [2.05, 4.69) is 5.32 Å². The lowest BCUT2D eigenvalue weighted by molar-refractivity contribution is -0.137. The summed E-state index contributed by atoms with van der Waals surface area (Å²) in [6.07, 6.45) is 2.27. The number of nitrogens with two attached hydrogens (primary N) is 1.